The summed E-state index contributed by atoms with van der Waals surface area (Å²) in [7, 11) is 3.17. The molecule has 1 amide bonds. The minimum atomic E-state index is -0.548. The second-order valence-corrected chi connectivity index (χ2v) is 3.86. The first kappa shape index (κ1) is 18.1. The highest BCUT2D eigenvalue weighted by Gasteiger charge is 2.17. The molecule has 0 unspecified atom stereocenters. The Bertz CT molecular complexity index is 468. The Morgan fingerprint density at radius 3 is 2.65 bits per heavy atom. The molecule has 2 N–H and O–H groups in total. The molecule has 0 aliphatic heterocycles. The lowest BCUT2D eigenvalue weighted by Gasteiger charge is -2.07. The Balaban J connectivity index is 0.00000361. The third-order valence-electron chi connectivity index (χ3n) is 2.53. The summed E-state index contributed by atoms with van der Waals surface area (Å²) in [5, 5.41) is 16.4. The van der Waals surface area contributed by atoms with Gasteiger partial charge < -0.3 is 15.4 Å². The number of nitrogens with zero attached hydrogens (tertiary/aromatic N) is 1. The van der Waals surface area contributed by atoms with Gasteiger partial charge in [-0.1, -0.05) is 0 Å². The van der Waals surface area contributed by atoms with Gasteiger partial charge >= 0.3 is 5.69 Å². The number of carbonyl (C=O) groups excluding carboxylic acids is 1. The Kier molecular flexibility index (Phi) is 8.26. The molecule has 20 heavy (non-hydrogen) atoms. The van der Waals surface area contributed by atoms with Gasteiger partial charge in [0, 0.05) is 24.2 Å². The van der Waals surface area contributed by atoms with E-state index in [1.54, 1.807) is 0 Å². The molecule has 7 nitrogen and oxygen atoms in total. The lowest BCUT2D eigenvalue weighted by molar-refractivity contribution is -0.385. The quantitative estimate of drug-likeness (QED) is 0.451. The van der Waals surface area contributed by atoms with E-state index in [4.69, 9.17) is 4.74 Å². The number of ether oxygens (including phenoxy) is 1. The number of nitrogens with one attached hydrogen (secondary N) is 2. The number of nitro benzene ring substituents is 1. The second kappa shape index (κ2) is 9.11. The summed E-state index contributed by atoms with van der Waals surface area (Å²) in [5.41, 5.74) is 0.182. The van der Waals surface area contributed by atoms with E-state index in [1.807, 2.05) is 7.05 Å². The standard InChI is InChI=1S/C12H17N3O4.ClH/c1-13-6-3-7-14-12(16)9-4-5-10(15(17)18)11(8-9)19-2;/h4-5,8,13H,3,6-7H2,1-2H3,(H,14,16);1H. The van der Waals surface area contributed by atoms with Gasteiger partial charge in [0.1, 0.15) is 0 Å². The van der Waals surface area contributed by atoms with Crippen LogP contribution in [0.5, 0.6) is 5.75 Å². The molecule has 112 valence electrons. The summed E-state index contributed by atoms with van der Waals surface area (Å²) in [6, 6.07) is 4.04. The van der Waals surface area contributed by atoms with E-state index in [0.717, 1.165) is 13.0 Å². The summed E-state index contributed by atoms with van der Waals surface area (Å²) in [6.07, 6.45) is 0.812. The maximum Gasteiger partial charge on any atom is 0.310 e. The van der Waals surface area contributed by atoms with Gasteiger partial charge in [0.25, 0.3) is 5.91 Å². The molecule has 1 rings (SSSR count). The summed E-state index contributed by atoms with van der Waals surface area (Å²) < 4.78 is 4.91. The molecule has 0 spiro atoms. The van der Waals surface area contributed by atoms with Gasteiger partial charge in [-0.25, -0.2) is 0 Å². The van der Waals surface area contributed by atoms with Crippen molar-refractivity contribution in [1.29, 1.82) is 0 Å². The van der Waals surface area contributed by atoms with Gasteiger partial charge in [-0.15, -0.1) is 12.4 Å². The van der Waals surface area contributed by atoms with Gasteiger partial charge in [0.15, 0.2) is 5.75 Å². The van der Waals surface area contributed by atoms with Gasteiger partial charge in [0.2, 0.25) is 0 Å². The largest absolute Gasteiger partial charge is 0.490 e. The van der Waals surface area contributed by atoms with Gasteiger partial charge in [0.05, 0.1) is 12.0 Å². The highest BCUT2D eigenvalue weighted by molar-refractivity contribution is 5.95. The fourth-order valence-corrected chi connectivity index (χ4v) is 1.54. The number of benzene rings is 1. The van der Waals surface area contributed by atoms with Crippen molar-refractivity contribution in [2.45, 2.75) is 6.42 Å². The second-order valence-electron chi connectivity index (χ2n) is 3.86. The van der Waals surface area contributed by atoms with Crippen molar-refractivity contribution in [2.75, 3.05) is 27.2 Å². The predicted octanol–water partition coefficient (Wildman–Crippen LogP) is 1.36. The maximum absolute atomic E-state index is 11.8. The Morgan fingerprint density at radius 2 is 2.10 bits per heavy atom. The molecule has 8 heteroatoms. The number of methoxy groups -OCH3 is 1. The van der Waals surface area contributed by atoms with Crippen molar-refractivity contribution in [1.82, 2.24) is 10.6 Å². The van der Waals surface area contributed by atoms with Crippen LogP contribution in [-0.4, -0.2) is 38.1 Å². The lowest BCUT2D eigenvalue weighted by atomic mass is 10.1. The van der Waals surface area contributed by atoms with Crippen LogP contribution in [0.4, 0.5) is 5.69 Å². The van der Waals surface area contributed by atoms with Crippen LogP contribution < -0.4 is 15.4 Å². The van der Waals surface area contributed by atoms with Crippen LogP contribution >= 0.6 is 12.4 Å². The summed E-state index contributed by atoms with van der Waals surface area (Å²) in [4.78, 5) is 22.0. The number of halogens is 1. The third-order valence-corrected chi connectivity index (χ3v) is 2.53. The van der Waals surface area contributed by atoms with Crippen LogP contribution in [0, 0.1) is 10.1 Å². The van der Waals surface area contributed by atoms with E-state index in [9.17, 15) is 14.9 Å². The van der Waals surface area contributed by atoms with Crippen molar-refractivity contribution < 1.29 is 14.5 Å². The molecule has 0 radical (unpaired) electrons. The molecule has 0 aromatic heterocycles. The summed E-state index contributed by atoms with van der Waals surface area (Å²) in [5.74, 6) is -0.197. The van der Waals surface area contributed by atoms with Crippen molar-refractivity contribution >= 4 is 24.0 Å². The molecule has 0 saturated heterocycles. The Labute approximate surface area is 123 Å². The highest BCUT2D eigenvalue weighted by atomic mass is 35.5. The van der Waals surface area contributed by atoms with E-state index in [-0.39, 0.29) is 29.8 Å². The maximum atomic E-state index is 11.8. The number of amides is 1. The first-order valence-corrected chi connectivity index (χ1v) is 5.85. The molecule has 1 aromatic rings. The van der Waals surface area contributed by atoms with E-state index < -0.39 is 4.92 Å². The zero-order chi connectivity index (χ0) is 14.3. The Morgan fingerprint density at radius 1 is 1.40 bits per heavy atom. The predicted molar refractivity (Wildman–Crippen MR) is 77.8 cm³/mol. The van der Waals surface area contributed by atoms with Crippen molar-refractivity contribution in [3.63, 3.8) is 0 Å². The molecule has 0 aliphatic carbocycles. The molecular formula is C12H18ClN3O4. The topological polar surface area (TPSA) is 93.5 Å². The number of rotatable bonds is 7. The van der Waals surface area contributed by atoms with Crippen LogP contribution in [0.15, 0.2) is 18.2 Å². The highest BCUT2D eigenvalue weighted by Crippen LogP contribution is 2.27. The lowest BCUT2D eigenvalue weighted by Crippen LogP contribution is -2.26. The fourth-order valence-electron chi connectivity index (χ4n) is 1.54. The minimum absolute atomic E-state index is 0. The molecule has 0 heterocycles. The number of nitro groups is 1. The van der Waals surface area contributed by atoms with E-state index in [2.05, 4.69) is 10.6 Å². The zero-order valence-corrected chi connectivity index (χ0v) is 12.2. The SMILES string of the molecule is CNCCCNC(=O)c1ccc([N+](=O)[O-])c(OC)c1.Cl. The number of hydrogen-bond donors (Lipinski definition) is 2. The van der Waals surface area contributed by atoms with Crippen LogP contribution in [0.1, 0.15) is 16.8 Å². The van der Waals surface area contributed by atoms with Crippen LogP contribution in [-0.2, 0) is 0 Å². The average molecular weight is 304 g/mol. The van der Waals surface area contributed by atoms with Crippen LogP contribution in [0.3, 0.4) is 0 Å². The molecule has 0 saturated carbocycles. The van der Waals surface area contributed by atoms with Gasteiger partial charge in [-0.2, -0.15) is 0 Å². The Hall–Kier alpha value is -1.86. The van der Waals surface area contributed by atoms with Crippen LogP contribution in [0.25, 0.3) is 0 Å². The first-order chi connectivity index (χ1) is 9.10. The van der Waals surface area contributed by atoms with Crippen molar-refractivity contribution in [3.8, 4) is 5.75 Å². The van der Waals surface area contributed by atoms with E-state index >= 15 is 0 Å². The number of carbonyl (C=O) groups is 1. The molecule has 0 aliphatic rings. The smallest absolute Gasteiger partial charge is 0.310 e. The first-order valence-electron chi connectivity index (χ1n) is 5.85. The fraction of sp³-hybridized carbons (Fsp3) is 0.417. The van der Waals surface area contributed by atoms with Gasteiger partial charge in [-0.3, -0.25) is 14.9 Å². The molecule has 0 bridgehead atoms. The van der Waals surface area contributed by atoms with Crippen molar-refractivity contribution in [3.05, 3.63) is 33.9 Å². The molecule has 0 fully saturated rings. The van der Waals surface area contributed by atoms with Crippen LogP contribution in [0.2, 0.25) is 0 Å². The molecular weight excluding hydrogens is 286 g/mol. The average Bonchev–Trinajstić information content (AvgIpc) is 2.42. The normalized spacial score (nSPS) is 9.50. The monoisotopic (exact) mass is 303 g/mol. The van der Waals surface area contributed by atoms with E-state index in [0.29, 0.717) is 12.1 Å². The third kappa shape index (κ3) is 5.02. The van der Waals surface area contributed by atoms with E-state index in [1.165, 1.54) is 25.3 Å². The van der Waals surface area contributed by atoms with Crippen molar-refractivity contribution in [2.24, 2.45) is 0 Å². The minimum Gasteiger partial charge on any atom is -0.490 e. The zero-order valence-electron chi connectivity index (χ0n) is 11.3. The van der Waals surface area contributed by atoms with Gasteiger partial charge in [-0.05, 0) is 26.1 Å². The molecule has 0 atom stereocenters. The molecule has 1 aromatic carbocycles. The summed E-state index contributed by atoms with van der Waals surface area (Å²) in [6.45, 7) is 1.35. The number of hydrogen-bond acceptors (Lipinski definition) is 5. The summed E-state index contributed by atoms with van der Waals surface area (Å²) >= 11 is 0.